The quantitative estimate of drug-likeness (QED) is 0.844. The smallest absolute Gasteiger partial charge is 0.224 e. The third-order valence-electron chi connectivity index (χ3n) is 4.29. The molecule has 0 unspecified atom stereocenters. The van der Waals surface area contributed by atoms with Gasteiger partial charge in [0.05, 0.1) is 12.6 Å². The van der Waals surface area contributed by atoms with E-state index in [1.165, 1.54) is 6.92 Å². The second-order valence-corrected chi connectivity index (χ2v) is 7.60. The van der Waals surface area contributed by atoms with E-state index in [9.17, 15) is 14.7 Å². The van der Waals surface area contributed by atoms with E-state index in [1.54, 1.807) is 4.90 Å². The monoisotopic (exact) mass is 371 g/mol. The summed E-state index contributed by atoms with van der Waals surface area (Å²) in [4.78, 5) is 25.3. The second kappa shape index (κ2) is 8.38. The highest BCUT2D eigenvalue weighted by Crippen LogP contribution is 2.31. The van der Waals surface area contributed by atoms with E-state index in [2.05, 4.69) is 0 Å². The minimum atomic E-state index is -0.336. The number of ether oxygens (including phenoxy) is 1. The zero-order valence-corrected chi connectivity index (χ0v) is 15.3. The van der Waals surface area contributed by atoms with Gasteiger partial charge in [0, 0.05) is 25.1 Å². The molecule has 0 aromatic heterocycles. The van der Waals surface area contributed by atoms with Crippen LogP contribution in [0.15, 0.2) is 54.6 Å². The average Bonchev–Trinajstić information content (AvgIpc) is 2.91. The van der Waals surface area contributed by atoms with Crippen LogP contribution in [-0.4, -0.2) is 38.9 Å². The molecule has 2 aromatic carbocycles. The van der Waals surface area contributed by atoms with Crippen LogP contribution in [0.2, 0.25) is 0 Å². The number of rotatable bonds is 6. The van der Waals surface area contributed by atoms with Gasteiger partial charge in [-0.3, -0.25) is 9.59 Å². The van der Waals surface area contributed by atoms with E-state index in [-0.39, 0.29) is 35.3 Å². The van der Waals surface area contributed by atoms with Gasteiger partial charge < -0.3 is 14.7 Å². The predicted octanol–water partition coefficient (Wildman–Crippen LogP) is 3.22. The summed E-state index contributed by atoms with van der Waals surface area (Å²) in [6, 6.07) is 16.7. The van der Waals surface area contributed by atoms with Gasteiger partial charge in [-0.05, 0) is 29.8 Å². The Morgan fingerprint density at radius 2 is 1.81 bits per heavy atom. The fourth-order valence-electron chi connectivity index (χ4n) is 3.05. The molecule has 1 amide bonds. The summed E-state index contributed by atoms with van der Waals surface area (Å²) in [6.07, 6.45) is 0.282. The molecular formula is C20H21NO4S. The Labute approximate surface area is 157 Å². The Morgan fingerprint density at radius 3 is 2.42 bits per heavy atom. The molecule has 2 aromatic rings. The first-order chi connectivity index (χ1) is 12.6. The minimum absolute atomic E-state index is 0.0348. The highest BCUT2D eigenvalue weighted by molar-refractivity contribution is 8.14. The summed E-state index contributed by atoms with van der Waals surface area (Å²) in [5.41, 5.74) is 0.950. The van der Waals surface area contributed by atoms with Gasteiger partial charge in [0.15, 0.2) is 5.12 Å². The van der Waals surface area contributed by atoms with Crippen molar-refractivity contribution in [2.24, 2.45) is 0 Å². The number of aliphatic hydroxyl groups excluding tert-OH is 1. The number of amides is 1. The first kappa shape index (κ1) is 18.5. The van der Waals surface area contributed by atoms with Crippen LogP contribution in [0.25, 0.3) is 0 Å². The molecule has 1 N–H and O–H groups in total. The fraction of sp³-hybridized carbons (Fsp3) is 0.300. The first-order valence-electron chi connectivity index (χ1n) is 8.46. The van der Waals surface area contributed by atoms with Crippen molar-refractivity contribution in [3.63, 3.8) is 0 Å². The maximum absolute atomic E-state index is 12.3. The molecule has 1 aliphatic rings. The largest absolute Gasteiger partial charge is 0.457 e. The zero-order valence-electron chi connectivity index (χ0n) is 14.5. The van der Waals surface area contributed by atoms with Gasteiger partial charge in [0.2, 0.25) is 5.91 Å². The molecule has 0 saturated carbocycles. The molecule has 136 valence electrons. The minimum Gasteiger partial charge on any atom is -0.457 e. The van der Waals surface area contributed by atoms with Gasteiger partial charge in [-0.25, -0.2) is 0 Å². The topological polar surface area (TPSA) is 66.8 Å². The number of carbonyl (C=O) groups is 2. The van der Waals surface area contributed by atoms with E-state index < -0.39 is 0 Å². The van der Waals surface area contributed by atoms with Gasteiger partial charge in [-0.2, -0.15) is 0 Å². The van der Waals surface area contributed by atoms with Crippen LogP contribution in [0.4, 0.5) is 0 Å². The molecule has 1 heterocycles. The van der Waals surface area contributed by atoms with Gasteiger partial charge in [-0.15, -0.1) is 0 Å². The summed E-state index contributed by atoms with van der Waals surface area (Å²) in [5.74, 6) is 1.45. The van der Waals surface area contributed by atoms with Gasteiger partial charge in [0.25, 0.3) is 0 Å². The van der Waals surface area contributed by atoms with Crippen molar-refractivity contribution in [2.75, 3.05) is 6.61 Å². The maximum atomic E-state index is 12.3. The van der Waals surface area contributed by atoms with Crippen LogP contribution in [0.3, 0.4) is 0 Å². The van der Waals surface area contributed by atoms with E-state index in [4.69, 9.17) is 4.74 Å². The first-order valence-corrected chi connectivity index (χ1v) is 9.34. The SMILES string of the molecule is CC(=O)S[C@@H]1CC(=O)N(Cc2ccc(Oc3ccccc3)cc2)[C@H]1CO. The van der Waals surface area contributed by atoms with Crippen molar-refractivity contribution in [1.82, 2.24) is 4.90 Å². The predicted molar refractivity (Wildman–Crippen MR) is 101 cm³/mol. The molecule has 0 radical (unpaired) electrons. The Kier molecular flexibility index (Phi) is 5.96. The van der Waals surface area contributed by atoms with E-state index in [0.29, 0.717) is 6.54 Å². The van der Waals surface area contributed by atoms with Gasteiger partial charge >= 0.3 is 0 Å². The number of aliphatic hydroxyl groups is 1. The number of para-hydroxylation sites is 1. The van der Waals surface area contributed by atoms with Crippen molar-refractivity contribution < 1.29 is 19.4 Å². The molecule has 3 rings (SSSR count). The number of benzene rings is 2. The third kappa shape index (κ3) is 4.45. The van der Waals surface area contributed by atoms with E-state index >= 15 is 0 Å². The summed E-state index contributed by atoms with van der Waals surface area (Å²) in [5, 5.41) is 9.46. The lowest BCUT2D eigenvalue weighted by molar-refractivity contribution is -0.130. The Bertz CT molecular complexity index is 763. The Hall–Kier alpha value is -2.31. The van der Waals surface area contributed by atoms with Crippen LogP contribution in [0.5, 0.6) is 11.5 Å². The van der Waals surface area contributed by atoms with Crippen LogP contribution in [0.1, 0.15) is 18.9 Å². The molecule has 1 fully saturated rings. The van der Waals surface area contributed by atoms with Gasteiger partial charge in [0.1, 0.15) is 11.5 Å². The average molecular weight is 371 g/mol. The maximum Gasteiger partial charge on any atom is 0.224 e. The molecular weight excluding hydrogens is 350 g/mol. The van der Waals surface area contributed by atoms with Gasteiger partial charge in [-0.1, -0.05) is 42.1 Å². The molecule has 6 heteroatoms. The lowest BCUT2D eigenvalue weighted by Gasteiger charge is -2.26. The standard InChI is InChI=1S/C20H21NO4S/c1-14(23)26-19-11-20(24)21(18(19)13-22)12-15-7-9-17(10-8-15)25-16-5-3-2-4-6-16/h2-10,18-19,22H,11-13H2,1H3/t18-,19+/m0/s1. The third-order valence-corrected chi connectivity index (χ3v) is 5.40. The molecule has 26 heavy (non-hydrogen) atoms. The number of nitrogens with zero attached hydrogens (tertiary/aromatic N) is 1. The fourth-order valence-corrected chi connectivity index (χ4v) is 4.09. The molecule has 1 aliphatic heterocycles. The normalized spacial score (nSPS) is 19.6. The molecule has 0 aliphatic carbocycles. The van der Waals surface area contributed by atoms with E-state index in [1.807, 2.05) is 54.6 Å². The number of likely N-dealkylation sites (tertiary alicyclic amines) is 1. The molecule has 2 atom stereocenters. The number of carbonyl (C=O) groups excluding carboxylic acids is 2. The van der Waals surface area contributed by atoms with Crippen LogP contribution in [-0.2, 0) is 16.1 Å². The molecule has 0 spiro atoms. The Morgan fingerprint density at radius 1 is 1.15 bits per heavy atom. The van der Waals surface area contributed by atoms with Crippen LogP contribution in [0, 0.1) is 0 Å². The highest BCUT2D eigenvalue weighted by Gasteiger charge is 2.40. The van der Waals surface area contributed by atoms with Crippen LogP contribution < -0.4 is 4.74 Å². The Balaban J connectivity index is 1.66. The number of hydrogen-bond donors (Lipinski definition) is 1. The summed E-state index contributed by atoms with van der Waals surface area (Å²) in [7, 11) is 0. The summed E-state index contributed by atoms with van der Waals surface area (Å²) in [6.45, 7) is 1.74. The lowest BCUT2D eigenvalue weighted by atomic mass is 10.2. The lowest BCUT2D eigenvalue weighted by Crippen LogP contribution is -2.38. The van der Waals surface area contributed by atoms with Crippen molar-refractivity contribution in [1.29, 1.82) is 0 Å². The van der Waals surface area contributed by atoms with E-state index in [0.717, 1.165) is 28.8 Å². The van der Waals surface area contributed by atoms with Crippen molar-refractivity contribution in [3.05, 3.63) is 60.2 Å². The summed E-state index contributed by atoms with van der Waals surface area (Å²) < 4.78 is 5.77. The van der Waals surface area contributed by atoms with Crippen molar-refractivity contribution in [2.45, 2.75) is 31.2 Å². The number of thioether (sulfide) groups is 1. The molecule has 5 nitrogen and oxygen atoms in total. The highest BCUT2D eigenvalue weighted by atomic mass is 32.2. The molecule has 1 saturated heterocycles. The van der Waals surface area contributed by atoms with Crippen molar-refractivity contribution in [3.8, 4) is 11.5 Å². The number of hydrogen-bond acceptors (Lipinski definition) is 5. The van der Waals surface area contributed by atoms with Crippen molar-refractivity contribution >= 4 is 22.8 Å². The molecule has 0 bridgehead atoms. The van der Waals surface area contributed by atoms with Crippen LogP contribution >= 0.6 is 11.8 Å². The zero-order chi connectivity index (χ0) is 18.5. The summed E-state index contributed by atoms with van der Waals surface area (Å²) >= 11 is 1.14. The second-order valence-electron chi connectivity index (χ2n) is 6.18.